The molecule has 178 valence electrons. The first-order valence-corrected chi connectivity index (χ1v) is 11.5. The van der Waals surface area contributed by atoms with E-state index in [0.29, 0.717) is 8.95 Å². The van der Waals surface area contributed by atoms with E-state index in [4.69, 9.17) is 19.3 Å². The summed E-state index contributed by atoms with van der Waals surface area (Å²) >= 11 is 6.56. The maximum absolute atomic E-state index is 15.0. The third-order valence-electron chi connectivity index (χ3n) is 5.41. The average Bonchev–Trinajstić information content (AvgIpc) is 3.35. The number of nitrogens with zero attached hydrogens (tertiary/aromatic N) is 2. The smallest absolute Gasteiger partial charge is 0.362 e. The van der Waals surface area contributed by atoms with E-state index in [1.807, 2.05) is 0 Å². The van der Waals surface area contributed by atoms with Crippen LogP contribution in [-0.4, -0.2) is 22.6 Å². The van der Waals surface area contributed by atoms with Crippen LogP contribution < -0.4 is 22.3 Å². The number of nitrogen functional groups attached to an aromatic ring is 1. The van der Waals surface area contributed by atoms with Crippen LogP contribution in [0.1, 0.15) is 22.7 Å². The van der Waals surface area contributed by atoms with Crippen LogP contribution in [0.25, 0.3) is 17.5 Å². The second kappa shape index (κ2) is 8.61. The van der Waals surface area contributed by atoms with Crippen LogP contribution in [-0.2, 0) is 9.53 Å². The first kappa shape index (κ1) is 23.2. The number of rotatable bonds is 3. The van der Waals surface area contributed by atoms with Gasteiger partial charge in [0.25, 0.3) is 6.01 Å². The second-order valence-corrected chi connectivity index (χ2v) is 9.30. The molecule has 12 heteroatoms. The summed E-state index contributed by atoms with van der Waals surface area (Å²) < 4.78 is 47.7. The van der Waals surface area contributed by atoms with Crippen molar-refractivity contribution in [1.82, 2.24) is 9.55 Å². The number of halogens is 4. The number of hydrogen-bond acceptors (Lipinski definition) is 7. The Kier molecular flexibility index (Phi) is 5.72. The molecule has 1 aliphatic rings. The molecule has 35 heavy (non-hydrogen) atoms. The summed E-state index contributed by atoms with van der Waals surface area (Å²) in [5.41, 5.74) is 4.56. The van der Waals surface area contributed by atoms with Crippen molar-refractivity contribution in [2.45, 2.75) is 5.92 Å². The van der Waals surface area contributed by atoms with E-state index in [1.165, 1.54) is 42.5 Å². The predicted octanol–water partition coefficient (Wildman–Crippen LogP) is 3.10. The van der Waals surface area contributed by atoms with Crippen molar-refractivity contribution in [3.63, 3.8) is 0 Å². The van der Waals surface area contributed by atoms with Gasteiger partial charge in [-0.1, -0.05) is 31.9 Å². The maximum Gasteiger partial charge on any atom is 0.362 e. The van der Waals surface area contributed by atoms with Crippen molar-refractivity contribution in [3.05, 3.63) is 95.1 Å². The highest BCUT2D eigenvalue weighted by atomic mass is 79.9. The number of oxazole rings is 2. The highest BCUT2D eigenvalue weighted by Gasteiger charge is 2.40. The van der Waals surface area contributed by atoms with E-state index in [1.54, 1.807) is 0 Å². The fourth-order valence-electron chi connectivity index (χ4n) is 3.96. The van der Waals surface area contributed by atoms with Gasteiger partial charge in [-0.15, -0.1) is 0 Å². The van der Waals surface area contributed by atoms with Crippen LogP contribution in [0, 0.1) is 11.6 Å². The zero-order valence-corrected chi connectivity index (χ0v) is 20.8. The van der Waals surface area contributed by atoms with Crippen molar-refractivity contribution >= 4 is 55.5 Å². The molecule has 2 N–H and O–H groups in total. The molecule has 2 aromatic carbocycles. The van der Waals surface area contributed by atoms with Crippen LogP contribution in [0.15, 0.2) is 59.0 Å². The molecule has 0 radical (unpaired) electrons. The van der Waals surface area contributed by atoms with Gasteiger partial charge in [-0.05, 0) is 42.5 Å². The summed E-state index contributed by atoms with van der Waals surface area (Å²) in [5.74, 6) is -3.43. The van der Waals surface area contributed by atoms with Crippen LogP contribution in [0.3, 0.4) is 0 Å². The normalized spacial score (nSPS) is 15.2. The lowest BCUT2D eigenvalue weighted by molar-refractivity contribution is -0.134. The minimum atomic E-state index is -1.18. The van der Waals surface area contributed by atoms with Gasteiger partial charge >= 0.3 is 11.6 Å². The fourth-order valence-corrected chi connectivity index (χ4v) is 4.72. The number of anilines is 1. The molecule has 2 aromatic heterocycles. The Bertz CT molecular complexity index is 1710. The minimum absolute atomic E-state index is 0.0352. The average molecular weight is 609 g/mol. The van der Waals surface area contributed by atoms with E-state index in [2.05, 4.69) is 36.8 Å². The number of carbonyl (C=O) groups is 1. The molecule has 0 amide bonds. The molecule has 0 spiro atoms. The van der Waals surface area contributed by atoms with Crippen LogP contribution >= 0.6 is 31.9 Å². The van der Waals surface area contributed by atoms with E-state index in [9.17, 15) is 18.4 Å². The number of nitrogens with two attached hydrogens (primary N) is 1. The van der Waals surface area contributed by atoms with Gasteiger partial charge < -0.3 is 19.3 Å². The Labute approximate surface area is 211 Å². The zero-order valence-electron chi connectivity index (χ0n) is 17.6. The molecule has 0 aliphatic carbocycles. The highest BCUT2D eigenvalue weighted by Crippen LogP contribution is 2.40. The summed E-state index contributed by atoms with van der Waals surface area (Å²) in [6.07, 6.45) is 1.23. The standard InChI is InChI=1S/C23H13Br2F2N3O5/c1-33-22(32)17-16(12-8-11(25)3-5-14(12)27)18-20(35-23(28)29-18)30-15(21(31)34-19(17)30)7-9-6-10(24)2-4-13(9)26/h2-8,16H,1H3,(H2,28,29)/b15-7+. The van der Waals surface area contributed by atoms with Gasteiger partial charge in [-0.3, -0.25) is 0 Å². The predicted molar refractivity (Wildman–Crippen MR) is 127 cm³/mol. The van der Waals surface area contributed by atoms with E-state index in [-0.39, 0.29) is 45.2 Å². The van der Waals surface area contributed by atoms with Crippen molar-refractivity contribution in [2.24, 2.45) is 0 Å². The van der Waals surface area contributed by atoms with Crippen molar-refractivity contribution in [3.8, 4) is 5.88 Å². The topological polar surface area (TPSA) is 113 Å². The first-order chi connectivity index (χ1) is 16.7. The summed E-state index contributed by atoms with van der Waals surface area (Å²) in [4.78, 5) is 30.1. The molecular formula is C23H13Br2F2N3O5. The van der Waals surface area contributed by atoms with E-state index in [0.717, 1.165) is 11.7 Å². The SMILES string of the molecule is COC(=O)C1=c2oc(=O)/c(=C\c3cc(Br)ccc3F)n2-c2oc(N)nc2C1c1cc(Br)ccc1F. The number of hydrogen-bond donors (Lipinski definition) is 1. The lowest BCUT2D eigenvalue weighted by atomic mass is 9.86. The number of methoxy groups -OCH3 is 1. The highest BCUT2D eigenvalue weighted by molar-refractivity contribution is 9.10. The first-order valence-electron chi connectivity index (χ1n) is 9.92. The zero-order chi connectivity index (χ0) is 25.0. The molecule has 1 aliphatic heterocycles. The Balaban J connectivity index is 1.95. The number of esters is 1. The van der Waals surface area contributed by atoms with Crippen molar-refractivity contribution in [2.75, 3.05) is 12.8 Å². The van der Waals surface area contributed by atoms with Gasteiger partial charge in [0.05, 0.1) is 13.0 Å². The number of ether oxygens (including phenoxy) is 1. The summed E-state index contributed by atoms with van der Waals surface area (Å²) in [6, 6.07) is 8.02. The van der Waals surface area contributed by atoms with Gasteiger partial charge in [-0.25, -0.2) is 22.9 Å². The number of fused-ring (bicyclic) bond motifs is 3. The van der Waals surface area contributed by atoms with Gasteiger partial charge in [-0.2, -0.15) is 4.98 Å². The second-order valence-electron chi connectivity index (χ2n) is 7.47. The molecule has 4 aromatic rings. The van der Waals surface area contributed by atoms with Gasteiger partial charge in [0.15, 0.2) is 0 Å². The molecule has 0 bridgehead atoms. The Morgan fingerprint density at radius 3 is 2.54 bits per heavy atom. The molecule has 5 rings (SSSR count). The molecule has 0 saturated heterocycles. The third kappa shape index (κ3) is 3.82. The lowest BCUT2D eigenvalue weighted by Crippen LogP contribution is -2.37. The lowest BCUT2D eigenvalue weighted by Gasteiger charge is -2.22. The van der Waals surface area contributed by atoms with E-state index >= 15 is 0 Å². The quantitative estimate of drug-likeness (QED) is 0.356. The monoisotopic (exact) mass is 607 g/mol. The molecule has 1 atom stereocenters. The largest absolute Gasteiger partial charge is 0.465 e. The minimum Gasteiger partial charge on any atom is -0.465 e. The molecule has 0 saturated carbocycles. The number of aromatic nitrogens is 2. The summed E-state index contributed by atoms with van der Waals surface area (Å²) in [6.45, 7) is 0. The summed E-state index contributed by atoms with van der Waals surface area (Å²) in [5, 5.41) is -0.177. The number of benzene rings is 2. The third-order valence-corrected chi connectivity index (χ3v) is 6.40. The summed E-state index contributed by atoms with van der Waals surface area (Å²) in [7, 11) is 1.13. The van der Waals surface area contributed by atoms with Gasteiger partial charge in [0.2, 0.25) is 11.4 Å². The van der Waals surface area contributed by atoms with Gasteiger partial charge in [0, 0.05) is 20.1 Å². The van der Waals surface area contributed by atoms with E-state index < -0.39 is 29.1 Å². The fraction of sp³-hybridized carbons (Fsp3) is 0.0870. The van der Waals surface area contributed by atoms with Crippen molar-refractivity contribution in [1.29, 1.82) is 0 Å². The van der Waals surface area contributed by atoms with Crippen LogP contribution in [0.5, 0.6) is 0 Å². The van der Waals surface area contributed by atoms with Crippen molar-refractivity contribution < 1.29 is 27.1 Å². The van der Waals surface area contributed by atoms with Crippen LogP contribution in [0.4, 0.5) is 14.8 Å². The molecular weight excluding hydrogens is 596 g/mol. The Morgan fingerprint density at radius 1 is 1.14 bits per heavy atom. The van der Waals surface area contributed by atoms with Crippen LogP contribution in [0.2, 0.25) is 0 Å². The van der Waals surface area contributed by atoms with Gasteiger partial charge in [0.1, 0.15) is 28.3 Å². The molecule has 0 fully saturated rings. The molecule has 8 nitrogen and oxygen atoms in total. The maximum atomic E-state index is 15.0. The molecule has 3 heterocycles. The number of carbonyl (C=O) groups excluding carboxylic acids is 1. The molecule has 1 unspecified atom stereocenters. The Morgan fingerprint density at radius 2 is 1.83 bits per heavy atom. The Hall–Kier alpha value is -3.51.